The minimum atomic E-state index is -5.08. The molecule has 1 aliphatic heterocycles. The number of ether oxygens (including phenoxy) is 1. The highest BCUT2D eigenvalue weighted by molar-refractivity contribution is 7.46. The molecule has 0 aromatic heterocycles. The van der Waals surface area contributed by atoms with Gasteiger partial charge in [0.2, 0.25) is 5.79 Å². The van der Waals surface area contributed by atoms with Gasteiger partial charge < -0.3 is 29.8 Å². The van der Waals surface area contributed by atoms with Crippen LogP contribution in [0.25, 0.3) is 0 Å². The molecule has 4 atom stereocenters. The monoisotopic (exact) mass is 298 g/mol. The summed E-state index contributed by atoms with van der Waals surface area (Å²) < 4.78 is 55.0. The summed E-state index contributed by atoms with van der Waals surface area (Å²) in [5, 5.41) is 27.7. The Morgan fingerprint density at radius 2 is 1.83 bits per heavy atom. The van der Waals surface area contributed by atoms with Gasteiger partial charge in [-0.15, -0.1) is 0 Å². The van der Waals surface area contributed by atoms with Gasteiger partial charge in [0.15, 0.2) is 6.10 Å². The third-order valence-corrected chi connectivity index (χ3v) is 2.65. The first-order chi connectivity index (χ1) is 7.87. The molecular formula is C6H10F3O8P. The Balaban J connectivity index is 2.82. The lowest BCUT2D eigenvalue weighted by Gasteiger charge is -2.25. The van der Waals surface area contributed by atoms with Crippen LogP contribution in [-0.4, -0.2) is 62.0 Å². The lowest BCUT2D eigenvalue weighted by molar-refractivity contribution is -0.292. The molecule has 18 heavy (non-hydrogen) atoms. The van der Waals surface area contributed by atoms with Crippen LogP contribution >= 0.6 is 7.82 Å². The maximum absolute atomic E-state index is 12.3. The minimum Gasteiger partial charge on any atom is -0.387 e. The molecule has 8 nitrogen and oxygen atoms in total. The molecule has 1 fully saturated rings. The van der Waals surface area contributed by atoms with E-state index in [1.807, 2.05) is 0 Å². The van der Waals surface area contributed by atoms with Gasteiger partial charge in [0.25, 0.3) is 0 Å². The molecule has 0 aromatic rings. The second-order valence-electron chi connectivity index (χ2n) is 3.62. The first kappa shape index (κ1) is 15.8. The molecule has 0 saturated carbocycles. The molecule has 1 saturated heterocycles. The summed E-state index contributed by atoms with van der Waals surface area (Å²) in [4.78, 5) is 16.7. The van der Waals surface area contributed by atoms with Crippen molar-refractivity contribution in [2.45, 2.75) is 30.3 Å². The van der Waals surface area contributed by atoms with Crippen molar-refractivity contribution in [2.75, 3.05) is 6.61 Å². The summed E-state index contributed by atoms with van der Waals surface area (Å²) in [6, 6.07) is 0. The number of hydrogen-bond acceptors (Lipinski definition) is 6. The van der Waals surface area contributed by atoms with E-state index in [2.05, 4.69) is 9.26 Å². The van der Waals surface area contributed by atoms with E-state index in [-0.39, 0.29) is 0 Å². The van der Waals surface area contributed by atoms with Gasteiger partial charge in [0.05, 0.1) is 0 Å². The van der Waals surface area contributed by atoms with Crippen LogP contribution in [-0.2, 0) is 13.8 Å². The normalized spacial score (nSPS) is 38.1. The zero-order valence-corrected chi connectivity index (χ0v) is 9.38. The third-order valence-electron chi connectivity index (χ3n) is 2.19. The summed E-state index contributed by atoms with van der Waals surface area (Å²) >= 11 is 0. The van der Waals surface area contributed by atoms with Crippen LogP contribution in [0.5, 0.6) is 0 Å². The van der Waals surface area contributed by atoms with Crippen molar-refractivity contribution >= 4 is 7.82 Å². The predicted molar refractivity (Wildman–Crippen MR) is 45.9 cm³/mol. The van der Waals surface area contributed by atoms with Gasteiger partial charge in [-0.05, 0) is 0 Å². The number of halogens is 3. The van der Waals surface area contributed by atoms with E-state index in [4.69, 9.17) is 14.9 Å². The van der Waals surface area contributed by atoms with E-state index in [0.29, 0.717) is 0 Å². The molecule has 12 heteroatoms. The smallest absolute Gasteiger partial charge is 0.387 e. The molecule has 0 aliphatic carbocycles. The van der Waals surface area contributed by atoms with Crippen molar-refractivity contribution in [1.82, 2.24) is 0 Å². The standard InChI is InChI=1S/C6H10F3O8P/c7-6(8,9)4-2(10)3(11)5(12,17-4)1-16-18(13,14)15/h2-4,10-12H,1H2,(H2,13,14,15)/t2-,3+,4+,5?/m0/s1. The Morgan fingerprint density at radius 1 is 1.33 bits per heavy atom. The minimum absolute atomic E-state index is 1.44. The van der Waals surface area contributed by atoms with Crippen LogP contribution in [0.3, 0.4) is 0 Å². The number of phosphoric acid groups is 1. The zero-order valence-electron chi connectivity index (χ0n) is 8.48. The summed E-state index contributed by atoms with van der Waals surface area (Å²) in [5.41, 5.74) is 0. The lowest BCUT2D eigenvalue weighted by Crippen LogP contribution is -2.46. The van der Waals surface area contributed by atoms with Crippen LogP contribution in [0.1, 0.15) is 0 Å². The molecule has 1 unspecified atom stereocenters. The number of aliphatic hydroxyl groups excluding tert-OH is 2. The quantitative estimate of drug-likeness (QED) is 0.396. The highest BCUT2D eigenvalue weighted by atomic mass is 31.2. The number of hydrogen-bond donors (Lipinski definition) is 5. The van der Waals surface area contributed by atoms with Crippen molar-refractivity contribution in [2.24, 2.45) is 0 Å². The van der Waals surface area contributed by atoms with Crippen molar-refractivity contribution in [3.8, 4) is 0 Å². The van der Waals surface area contributed by atoms with E-state index < -0.39 is 44.7 Å². The first-order valence-corrected chi connectivity index (χ1v) is 5.93. The van der Waals surface area contributed by atoms with E-state index in [1.54, 1.807) is 0 Å². The molecule has 1 heterocycles. The number of aliphatic hydroxyl groups is 3. The largest absolute Gasteiger partial charge is 0.469 e. The van der Waals surface area contributed by atoms with E-state index in [9.17, 15) is 27.9 Å². The van der Waals surface area contributed by atoms with E-state index in [0.717, 1.165) is 0 Å². The maximum atomic E-state index is 12.3. The Kier molecular flexibility index (Phi) is 4.11. The van der Waals surface area contributed by atoms with Gasteiger partial charge in [0, 0.05) is 0 Å². The zero-order chi connectivity index (χ0) is 14.4. The molecule has 108 valence electrons. The topological polar surface area (TPSA) is 137 Å². The fourth-order valence-corrected chi connectivity index (χ4v) is 1.70. The maximum Gasteiger partial charge on any atom is 0.469 e. The molecule has 5 N–H and O–H groups in total. The Hall–Kier alpha value is -0.260. The van der Waals surface area contributed by atoms with Gasteiger partial charge in [0.1, 0.15) is 18.8 Å². The van der Waals surface area contributed by atoms with Crippen LogP contribution in [0, 0.1) is 0 Å². The molecule has 0 spiro atoms. The van der Waals surface area contributed by atoms with Gasteiger partial charge >= 0.3 is 14.0 Å². The van der Waals surface area contributed by atoms with Crippen molar-refractivity contribution in [3.05, 3.63) is 0 Å². The number of rotatable bonds is 3. The molecule has 0 aromatic carbocycles. The van der Waals surface area contributed by atoms with Crippen molar-refractivity contribution < 1.29 is 52.1 Å². The van der Waals surface area contributed by atoms with Crippen LogP contribution in [0.15, 0.2) is 0 Å². The van der Waals surface area contributed by atoms with Gasteiger partial charge in [-0.3, -0.25) is 4.52 Å². The summed E-state index contributed by atoms with van der Waals surface area (Å²) in [6.07, 6.45) is -12.9. The highest BCUT2D eigenvalue weighted by Crippen LogP contribution is 2.42. The average Bonchev–Trinajstić information content (AvgIpc) is 2.39. The second-order valence-corrected chi connectivity index (χ2v) is 4.86. The fraction of sp³-hybridized carbons (Fsp3) is 1.00. The highest BCUT2D eigenvalue weighted by Gasteiger charge is 2.62. The number of alkyl halides is 3. The molecule has 0 amide bonds. The lowest BCUT2D eigenvalue weighted by atomic mass is 10.1. The van der Waals surface area contributed by atoms with Crippen molar-refractivity contribution in [3.63, 3.8) is 0 Å². The molecule has 1 rings (SSSR count). The molecular weight excluding hydrogens is 288 g/mol. The van der Waals surface area contributed by atoms with Crippen LogP contribution in [0.2, 0.25) is 0 Å². The number of phosphoric ester groups is 1. The summed E-state index contributed by atoms with van der Waals surface area (Å²) in [7, 11) is -5.08. The van der Waals surface area contributed by atoms with Gasteiger partial charge in [-0.1, -0.05) is 0 Å². The van der Waals surface area contributed by atoms with Crippen LogP contribution < -0.4 is 0 Å². The van der Waals surface area contributed by atoms with Gasteiger partial charge in [-0.2, -0.15) is 13.2 Å². The SMILES string of the molecule is O=P(O)(O)OCC1(O)O[C@@H](C(F)(F)F)[C@@H](O)[C@H]1O. The molecule has 1 aliphatic rings. The Bertz CT molecular complexity index is 355. The van der Waals surface area contributed by atoms with Crippen LogP contribution in [0.4, 0.5) is 13.2 Å². The first-order valence-electron chi connectivity index (χ1n) is 4.40. The predicted octanol–water partition coefficient (Wildman–Crippen LogP) is -1.53. The van der Waals surface area contributed by atoms with Gasteiger partial charge in [-0.25, -0.2) is 4.57 Å². The van der Waals surface area contributed by atoms with Crippen molar-refractivity contribution in [1.29, 1.82) is 0 Å². The third kappa shape index (κ3) is 3.39. The van der Waals surface area contributed by atoms with E-state index in [1.165, 1.54) is 0 Å². The summed E-state index contributed by atoms with van der Waals surface area (Å²) in [5.74, 6) is -3.07. The molecule has 0 bridgehead atoms. The Morgan fingerprint density at radius 3 is 2.17 bits per heavy atom. The second kappa shape index (κ2) is 4.69. The van der Waals surface area contributed by atoms with E-state index >= 15 is 0 Å². The summed E-state index contributed by atoms with van der Waals surface area (Å²) in [6.45, 7) is -1.44. The fourth-order valence-electron chi connectivity index (χ4n) is 1.35. The average molecular weight is 298 g/mol. The Labute approximate surface area is 97.8 Å². The molecule has 0 radical (unpaired) electrons.